The van der Waals surface area contributed by atoms with Gasteiger partial charge >= 0.3 is 0 Å². The van der Waals surface area contributed by atoms with E-state index in [4.69, 9.17) is 9.72 Å². The van der Waals surface area contributed by atoms with Crippen LogP contribution in [0.2, 0.25) is 0 Å². The van der Waals surface area contributed by atoms with Crippen molar-refractivity contribution in [3.05, 3.63) is 82.6 Å². The summed E-state index contributed by atoms with van der Waals surface area (Å²) in [5.74, 6) is -0.402. The van der Waals surface area contributed by atoms with Crippen LogP contribution in [0.4, 0.5) is 20.3 Å². The molecule has 0 saturated carbocycles. The molecule has 4 N–H and O–H groups in total. The minimum absolute atomic E-state index is 0.0955. The molecule has 0 bridgehead atoms. The van der Waals surface area contributed by atoms with E-state index in [0.717, 1.165) is 48.8 Å². The Bertz CT molecular complexity index is 2200. The van der Waals surface area contributed by atoms with Gasteiger partial charge in [0.2, 0.25) is 11.8 Å². The molecule has 5 aliphatic heterocycles. The van der Waals surface area contributed by atoms with Crippen LogP contribution in [0.15, 0.2) is 48.7 Å². The largest absolute Gasteiger partial charge is 0.504 e. The number of phenolic OH excluding ortho intramolecular Hbond substituents is 1. The first kappa shape index (κ1) is 36.2. The quantitative estimate of drug-likeness (QED) is 0.205. The topological polar surface area (TPSA) is 169 Å². The molecule has 1 unspecified atom stereocenters. The number of halogens is 2. The molecule has 2 aromatic carbocycles. The van der Waals surface area contributed by atoms with E-state index in [1.54, 1.807) is 23.2 Å². The highest BCUT2D eigenvalue weighted by molar-refractivity contribution is 5.99. The van der Waals surface area contributed by atoms with Gasteiger partial charge in [0.25, 0.3) is 5.91 Å². The number of aryl methyl sites for hydroxylation is 1. The number of aliphatic hydroxyl groups is 1. The van der Waals surface area contributed by atoms with Crippen molar-refractivity contribution in [1.29, 1.82) is 0 Å². The zero-order valence-electron chi connectivity index (χ0n) is 30.9. The molecule has 2 amide bonds. The number of phenols is 1. The Morgan fingerprint density at radius 2 is 1.91 bits per heavy atom. The molecule has 4 atom stereocenters. The lowest BCUT2D eigenvalue weighted by Crippen LogP contribution is -2.55. The molecule has 0 spiro atoms. The second-order valence-corrected chi connectivity index (χ2v) is 15.6. The third kappa shape index (κ3) is 6.43. The predicted octanol–water partition coefficient (Wildman–Crippen LogP) is 3.81. The van der Waals surface area contributed by atoms with Gasteiger partial charge < -0.3 is 35.4 Å². The number of carbonyl (C=O) groups excluding carboxylic acids is 2. The van der Waals surface area contributed by atoms with Crippen LogP contribution < -0.4 is 20.3 Å². The standard InChI is InChI=1S/C40H43F2N9O5/c1-22-38(56-27-15-40(20-41)21-44-36-33(51(40)19-27)14-31(47-48-36)28-3-2-4-30(42)35(28)53)43-16-26(45-22)18-49-11-9-23(10-12-49)24-5-6-25-17-50(39(55)29(25)13-24)32-7-8-34(52)46-37(32)54/h2-6,13-14,16,23,27,32,37,53-54H,7-12,15,17-21H2,1H3,(H,44,48)(H,46,52)/t27-,32+,37?,40+/m1/s1. The smallest absolute Gasteiger partial charge is 0.254 e. The van der Waals surface area contributed by atoms with Crippen LogP contribution in [0.5, 0.6) is 11.6 Å². The van der Waals surface area contributed by atoms with Crippen molar-refractivity contribution in [3.8, 4) is 22.9 Å². The number of anilines is 2. The first-order valence-electron chi connectivity index (χ1n) is 19.1. The summed E-state index contributed by atoms with van der Waals surface area (Å²) in [5, 5.41) is 35.0. The molecule has 16 heteroatoms. The molecular formula is C40H43F2N9O5. The number of benzene rings is 2. The molecule has 56 heavy (non-hydrogen) atoms. The summed E-state index contributed by atoms with van der Waals surface area (Å²) < 4.78 is 35.4. The SMILES string of the molecule is Cc1nc(CN2CCC(c3ccc4c(c3)C(=O)N([C@H]3CCC(=O)NC3O)C4)CC2)cnc1O[C@H]1CN2c3cc(-c4cccc(F)c4O)nnc3NC[C@@]2(CF)C1. The lowest BCUT2D eigenvalue weighted by molar-refractivity contribution is -0.129. The summed E-state index contributed by atoms with van der Waals surface area (Å²) in [6.45, 7) is 4.66. The summed E-state index contributed by atoms with van der Waals surface area (Å²) in [5.41, 5.74) is 4.40. The van der Waals surface area contributed by atoms with Crippen LogP contribution in [0.3, 0.4) is 0 Å². The first-order chi connectivity index (χ1) is 27.1. The number of hydrogen-bond acceptors (Lipinski definition) is 12. The number of aromatic hydroxyl groups is 1. The molecule has 3 fully saturated rings. The number of carbonyl (C=O) groups is 2. The van der Waals surface area contributed by atoms with Gasteiger partial charge in [-0.2, -0.15) is 0 Å². The summed E-state index contributed by atoms with van der Waals surface area (Å²) >= 11 is 0. The number of amides is 2. The van der Waals surface area contributed by atoms with Crippen molar-refractivity contribution >= 4 is 23.3 Å². The fraction of sp³-hybridized carbons (Fsp3) is 0.450. The third-order valence-corrected chi connectivity index (χ3v) is 12.1. The van der Waals surface area contributed by atoms with Crippen molar-refractivity contribution in [2.24, 2.45) is 0 Å². The van der Waals surface area contributed by atoms with Crippen LogP contribution in [-0.2, 0) is 17.9 Å². The van der Waals surface area contributed by atoms with Gasteiger partial charge in [0.15, 0.2) is 17.4 Å². The molecule has 14 nitrogen and oxygen atoms in total. The Kier molecular flexibility index (Phi) is 9.19. The molecule has 5 aliphatic rings. The minimum Gasteiger partial charge on any atom is -0.504 e. The Morgan fingerprint density at radius 3 is 2.70 bits per heavy atom. The number of nitrogens with one attached hydrogen (secondary N) is 2. The Hall–Kier alpha value is -5.48. The van der Waals surface area contributed by atoms with Gasteiger partial charge in [-0.05, 0) is 80.6 Å². The van der Waals surface area contributed by atoms with E-state index < -0.39 is 42.2 Å². The van der Waals surface area contributed by atoms with Crippen molar-refractivity contribution in [1.82, 2.24) is 35.3 Å². The highest BCUT2D eigenvalue weighted by Gasteiger charge is 2.50. The zero-order chi connectivity index (χ0) is 38.7. The van der Waals surface area contributed by atoms with E-state index >= 15 is 0 Å². The summed E-state index contributed by atoms with van der Waals surface area (Å²) in [6.07, 6.45) is 3.26. The molecule has 9 rings (SSSR count). The number of fused-ring (bicyclic) bond motifs is 4. The van der Waals surface area contributed by atoms with Gasteiger partial charge in [0.1, 0.15) is 19.0 Å². The number of alkyl halides is 1. The molecule has 0 radical (unpaired) electrons. The van der Waals surface area contributed by atoms with Crippen molar-refractivity contribution in [2.45, 2.75) is 81.9 Å². The van der Waals surface area contributed by atoms with Crippen molar-refractivity contribution in [2.75, 3.05) is 43.1 Å². The Labute approximate surface area is 321 Å². The maximum absolute atomic E-state index is 14.9. The highest BCUT2D eigenvalue weighted by atomic mass is 19.1. The Morgan fingerprint density at radius 1 is 1.07 bits per heavy atom. The van der Waals surface area contributed by atoms with Crippen LogP contribution >= 0.6 is 0 Å². The highest BCUT2D eigenvalue weighted by Crippen LogP contribution is 2.44. The van der Waals surface area contributed by atoms with Gasteiger partial charge in [-0.3, -0.25) is 14.5 Å². The van der Waals surface area contributed by atoms with Crippen LogP contribution in [0.25, 0.3) is 11.3 Å². The lowest BCUT2D eigenvalue weighted by atomic mass is 9.88. The normalized spacial score (nSPS) is 25.0. The van der Waals surface area contributed by atoms with Gasteiger partial charge in [-0.25, -0.2) is 18.7 Å². The van der Waals surface area contributed by atoms with E-state index in [1.165, 1.54) is 6.07 Å². The van der Waals surface area contributed by atoms with Gasteiger partial charge in [0, 0.05) is 43.6 Å². The molecule has 2 aromatic heterocycles. The number of hydrogen-bond donors (Lipinski definition) is 4. The number of aromatic nitrogens is 4. The summed E-state index contributed by atoms with van der Waals surface area (Å²) in [6, 6.07) is 11.6. The number of ether oxygens (including phenoxy) is 1. The number of nitrogens with zero attached hydrogens (tertiary/aromatic N) is 7. The number of likely N-dealkylation sites (tertiary alicyclic amines) is 1. The second-order valence-electron chi connectivity index (χ2n) is 15.6. The third-order valence-electron chi connectivity index (χ3n) is 12.1. The molecule has 4 aromatic rings. The monoisotopic (exact) mass is 767 g/mol. The van der Waals surface area contributed by atoms with E-state index in [2.05, 4.69) is 36.8 Å². The number of aliphatic hydroxyl groups excluding tert-OH is 1. The fourth-order valence-corrected chi connectivity index (χ4v) is 9.07. The fourth-order valence-electron chi connectivity index (χ4n) is 9.07. The first-order valence-corrected chi connectivity index (χ1v) is 19.1. The van der Waals surface area contributed by atoms with Crippen molar-refractivity contribution < 1.29 is 33.3 Å². The molecule has 3 saturated heterocycles. The number of para-hydroxylation sites is 1. The summed E-state index contributed by atoms with van der Waals surface area (Å²) in [7, 11) is 0. The van der Waals surface area contributed by atoms with Crippen LogP contribution in [0, 0.1) is 12.7 Å². The average molecular weight is 768 g/mol. The number of rotatable bonds is 8. The second kappa shape index (κ2) is 14.2. The zero-order valence-corrected chi connectivity index (χ0v) is 30.9. The van der Waals surface area contributed by atoms with E-state index in [9.17, 15) is 28.6 Å². The van der Waals surface area contributed by atoms with Gasteiger partial charge in [-0.15, -0.1) is 10.2 Å². The Balaban J connectivity index is 0.817. The maximum Gasteiger partial charge on any atom is 0.254 e. The molecule has 7 heterocycles. The average Bonchev–Trinajstić information content (AvgIpc) is 3.74. The molecule has 292 valence electrons. The van der Waals surface area contributed by atoms with Crippen LogP contribution in [0.1, 0.15) is 70.9 Å². The van der Waals surface area contributed by atoms with E-state index in [0.29, 0.717) is 73.6 Å². The van der Waals surface area contributed by atoms with Gasteiger partial charge in [-0.1, -0.05) is 18.2 Å². The maximum atomic E-state index is 14.9. The predicted molar refractivity (Wildman–Crippen MR) is 200 cm³/mol. The van der Waals surface area contributed by atoms with E-state index in [-0.39, 0.29) is 29.5 Å². The molecular weight excluding hydrogens is 724 g/mol. The molecule has 0 aliphatic carbocycles. The minimum atomic E-state index is -1.06. The number of piperidine rings is 2. The lowest BCUT2D eigenvalue weighted by Gasteiger charge is -2.42. The summed E-state index contributed by atoms with van der Waals surface area (Å²) in [4.78, 5) is 40.5. The van der Waals surface area contributed by atoms with Crippen molar-refractivity contribution in [3.63, 3.8) is 0 Å². The van der Waals surface area contributed by atoms with E-state index in [1.807, 2.05) is 24.0 Å². The van der Waals surface area contributed by atoms with Crippen LogP contribution in [-0.4, -0.2) is 109 Å². The van der Waals surface area contributed by atoms with Gasteiger partial charge in [0.05, 0.1) is 47.1 Å².